The number of nitrogens with one attached hydrogen (secondary N) is 1. The second-order valence-corrected chi connectivity index (χ2v) is 6.32. The standard InChI is InChI=1S/C16H22N4O3/c1-10(2)6-12-7-14(23-19-12)16(21)20-4-5-22-9-13(20)15-17-8-11(3)18-15/h7-8,10,13H,4-6,9H2,1-3H3,(H,17,18)/t13-/m0/s1. The first-order valence-electron chi connectivity index (χ1n) is 7.90. The number of aryl methyl sites for hydroxylation is 1. The minimum atomic E-state index is -0.233. The fourth-order valence-electron chi connectivity index (χ4n) is 2.74. The summed E-state index contributed by atoms with van der Waals surface area (Å²) in [5, 5.41) is 4.00. The Morgan fingerprint density at radius 3 is 3.04 bits per heavy atom. The average molecular weight is 318 g/mol. The van der Waals surface area contributed by atoms with Gasteiger partial charge >= 0.3 is 0 Å². The van der Waals surface area contributed by atoms with E-state index >= 15 is 0 Å². The molecule has 0 spiro atoms. The summed E-state index contributed by atoms with van der Waals surface area (Å²) in [6.07, 6.45) is 2.54. The average Bonchev–Trinajstić information content (AvgIpc) is 3.15. The summed E-state index contributed by atoms with van der Waals surface area (Å²) in [6.45, 7) is 7.58. The lowest BCUT2D eigenvalue weighted by atomic mass is 10.1. The Morgan fingerprint density at radius 1 is 1.52 bits per heavy atom. The second kappa shape index (κ2) is 6.54. The molecule has 1 atom stereocenters. The topological polar surface area (TPSA) is 84.2 Å². The van der Waals surface area contributed by atoms with E-state index in [4.69, 9.17) is 9.26 Å². The minimum Gasteiger partial charge on any atom is -0.377 e. The normalized spacial score (nSPS) is 18.6. The van der Waals surface area contributed by atoms with Gasteiger partial charge in [0.15, 0.2) is 0 Å². The van der Waals surface area contributed by atoms with Crippen LogP contribution >= 0.6 is 0 Å². The Kier molecular flexibility index (Phi) is 4.47. The van der Waals surface area contributed by atoms with Gasteiger partial charge in [-0.15, -0.1) is 0 Å². The molecule has 1 N–H and O–H groups in total. The third kappa shape index (κ3) is 3.44. The fourth-order valence-corrected chi connectivity index (χ4v) is 2.74. The molecule has 1 amide bonds. The molecular formula is C16H22N4O3. The van der Waals surface area contributed by atoms with Crippen molar-refractivity contribution in [1.82, 2.24) is 20.0 Å². The van der Waals surface area contributed by atoms with Crippen molar-refractivity contribution in [3.8, 4) is 0 Å². The number of rotatable bonds is 4. The van der Waals surface area contributed by atoms with Crippen LogP contribution in [0.25, 0.3) is 0 Å². The number of hydrogen-bond donors (Lipinski definition) is 1. The molecule has 3 heterocycles. The maximum Gasteiger partial charge on any atom is 0.293 e. The predicted octanol–water partition coefficient (Wildman–Crippen LogP) is 2.12. The zero-order valence-corrected chi connectivity index (χ0v) is 13.7. The van der Waals surface area contributed by atoms with Gasteiger partial charge < -0.3 is 19.1 Å². The highest BCUT2D eigenvalue weighted by Gasteiger charge is 2.33. The molecule has 0 bridgehead atoms. The number of carbonyl (C=O) groups excluding carboxylic acids is 1. The predicted molar refractivity (Wildman–Crippen MR) is 83.0 cm³/mol. The van der Waals surface area contributed by atoms with Crippen molar-refractivity contribution in [3.63, 3.8) is 0 Å². The van der Waals surface area contributed by atoms with Gasteiger partial charge in [-0.2, -0.15) is 0 Å². The van der Waals surface area contributed by atoms with E-state index in [-0.39, 0.29) is 17.7 Å². The van der Waals surface area contributed by atoms with Crippen LogP contribution in [-0.4, -0.2) is 45.7 Å². The van der Waals surface area contributed by atoms with Crippen molar-refractivity contribution in [1.29, 1.82) is 0 Å². The van der Waals surface area contributed by atoms with Crippen LogP contribution < -0.4 is 0 Å². The summed E-state index contributed by atoms with van der Waals surface area (Å²) in [7, 11) is 0. The third-order valence-corrected chi connectivity index (χ3v) is 3.81. The smallest absolute Gasteiger partial charge is 0.293 e. The van der Waals surface area contributed by atoms with Crippen LogP contribution in [0.15, 0.2) is 16.8 Å². The molecule has 0 unspecified atom stereocenters. The molecule has 1 aliphatic rings. The molecule has 23 heavy (non-hydrogen) atoms. The Balaban J connectivity index is 1.79. The van der Waals surface area contributed by atoms with E-state index in [1.165, 1.54) is 0 Å². The van der Waals surface area contributed by atoms with Crippen LogP contribution in [-0.2, 0) is 11.2 Å². The molecule has 1 aliphatic heterocycles. The SMILES string of the molecule is Cc1cnc([C@@H]2COCCN2C(=O)c2cc(CC(C)C)no2)[nH]1. The van der Waals surface area contributed by atoms with Gasteiger partial charge in [0.05, 0.1) is 18.9 Å². The zero-order chi connectivity index (χ0) is 16.4. The maximum atomic E-state index is 12.8. The van der Waals surface area contributed by atoms with Gasteiger partial charge in [0, 0.05) is 24.5 Å². The van der Waals surface area contributed by atoms with E-state index in [0.29, 0.717) is 25.7 Å². The lowest BCUT2D eigenvalue weighted by Gasteiger charge is -2.33. The lowest BCUT2D eigenvalue weighted by molar-refractivity contribution is -0.00692. The number of imidazole rings is 1. The highest BCUT2D eigenvalue weighted by atomic mass is 16.5. The number of aromatic amines is 1. The first kappa shape index (κ1) is 15.7. The van der Waals surface area contributed by atoms with Gasteiger partial charge in [0.25, 0.3) is 5.91 Å². The van der Waals surface area contributed by atoms with E-state index < -0.39 is 0 Å². The monoisotopic (exact) mass is 318 g/mol. The number of carbonyl (C=O) groups is 1. The van der Waals surface area contributed by atoms with Crippen molar-refractivity contribution in [2.45, 2.75) is 33.2 Å². The van der Waals surface area contributed by atoms with Crippen LogP contribution in [0.2, 0.25) is 0 Å². The highest BCUT2D eigenvalue weighted by Crippen LogP contribution is 2.24. The fraction of sp³-hybridized carbons (Fsp3) is 0.562. The molecule has 1 saturated heterocycles. The summed E-state index contributed by atoms with van der Waals surface area (Å²) in [4.78, 5) is 22.0. The molecule has 2 aromatic heterocycles. The van der Waals surface area contributed by atoms with E-state index in [1.807, 2.05) is 6.92 Å². The molecular weight excluding hydrogens is 296 g/mol. The molecule has 7 nitrogen and oxygen atoms in total. The number of ether oxygens (including phenoxy) is 1. The molecule has 0 saturated carbocycles. The van der Waals surface area contributed by atoms with E-state index in [0.717, 1.165) is 23.6 Å². The van der Waals surface area contributed by atoms with Gasteiger partial charge in [-0.1, -0.05) is 19.0 Å². The van der Waals surface area contributed by atoms with Gasteiger partial charge in [0.2, 0.25) is 5.76 Å². The van der Waals surface area contributed by atoms with E-state index in [1.54, 1.807) is 17.2 Å². The van der Waals surface area contributed by atoms with Crippen molar-refractivity contribution < 1.29 is 14.1 Å². The summed E-state index contributed by atoms with van der Waals surface area (Å²) in [5.74, 6) is 1.30. The number of morpholine rings is 1. The highest BCUT2D eigenvalue weighted by molar-refractivity contribution is 5.91. The summed E-state index contributed by atoms with van der Waals surface area (Å²) in [5.41, 5.74) is 1.76. The number of amides is 1. The first-order chi connectivity index (χ1) is 11.0. The van der Waals surface area contributed by atoms with Crippen LogP contribution in [0.1, 0.15) is 47.7 Å². The second-order valence-electron chi connectivity index (χ2n) is 6.32. The molecule has 0 aromatic carbocycles. The summed E-state index contributed by atoms with van der Waals surface area (Å²) in [6, 6.07) is 1.51. The van der Waals surface area contributed by atoms with Crippen LogP contribution in [0, 0.1) is 12.8 Å². The minimum absolute atomic E-state index is 0.171. The Morgan fingerprint density at radius 2 is 2.35 bits per heavy atom. The van der Waals surface area contributed by atoms with Crippen LogP contribution in [0.3, 0.4) is 0 Å². The summed E-state index contributed by atoms with van der Waals surface area (Å²) >= 11 is 0. The van der Waals surface area contributed by atoms with Gasteiger partial charge in [-0.3, -0.25) is 4.79 Å². The molecule has 7 heteroatoms. The van der Waals surface area contributed by atoms with E-state index in [9.17, 15) is 4.79 Å². The van der Waals surface area contributed by atoms with Gasteiger partial charge in [-0.25, -0.2) is 4.98 Å². The number of H-pyrrole nitrogens is 1. The molecule has 3 rings (SSSR count). The lowest BCUT2D eigenvalue weighted by Crippen LogP contribution is -2.43. The Bertz CT molecular complexity index is 676. The molecule has 1 fully saturated rings. The summed E-state index contributed by atoms with van der Waals surface area (Å²) < 4.78 is 10.8. The van der Waals surface area contributed by atoms with Gasteiger partial charge in [-0.05, 0) is 19.3 Å². The molecule has 124 valence electrons. The Labute approximate surface area is 135 Å². The van der Waals surface area contributed by atoms with Crippen molar-refractivity contribution >= 4 is 5.91 Å². The molecule has 2 aromatic rings. The van der Waals surface area contributed by atoms with Crippen molar-refractivity contribution in [2.24, 2.45) is 5.92 Å². The van der Waals surface area contributed by atoms with Crippen molar-refractivity contribution in [3.05, 3.63) is 35.2 Å². The zero-order valence-electron chi connectivity index (χ0n) is 13.7. The van der Waals surface area contributed by atoms with E-state index in [2.05, 4.69) is 29.0 Å². The number of hydrogen-bond acceptors (Lipinski definition) is 5. The van der Waals surface area contributed by atoms with Crippen molar-refractivity contribution in [2.75, 3.05) is 19.8 Å². The largest absolute Gasteiger partial charge is 0.377 e. The third-order valence-electron chi connectivity index (χ3n) is 3.81. The Hall–Kier alpha value is -2.15. The number of aromatic nitrogens is 3. The van der Waals surface area contributed by atoms with Crippen LogP contribution in [0.4, 0.5) is 0 Å². The quantitative estimate of drug-likeness (QED) is 0.933. The van der Waals surface area contributed by atoms with Gasteiger partial charge in [0.1, 0.15) is 11.9 Å². The maximum absolute atomic E-state index is 12.8. The molecule has 0 aliphatic carbocycles. The first-order valence-corrected chi connectivity index (χ1v) is 7.90. The van der Waals surface area contributed by atoms with Crippen LogP contribution in [0.5, 0.6) is 0 Å². The number of nitrogens with zero attached hydrogens (tertiary/aromatic N) is 3. The molecule has 0 radical (unpaired) electrons.